The fourth-order valence-corrected chi connectivity index (χ4v) is 1.75. The fourth-order valence-electron chi connectivity index (χ4n) is 1.75. The number of allylic oxidation sites excluding steroid dienone is 2. The van der Waals surface area contributed by atoms with E-state index in [1.165, 1.54) is 24.4 Å². The van der Waals surface area contributed by atoms with Crippen LogP contribution in [0.15, 0.2) is 42.6 Å². The molecular weight excluding hydrogens is 228 g/mol. The second kappa shape index (κ2) is 4.01. The van der Waals surface area contributed by atoms with Crippen LogP contribution >= 0.6 is 0 Å². The highest BCUT2D eigenvalue weighted by atomic mass is 19.1. The lowest BCUT2D eigenvalue weighted by molar-refractivity contribution is -0.143. The summed E-state index contributed by atoms with van der Waals surface area (Å²) in [5.74, 6) is -3.18. The molecular formula is C12H9F2NO2. The molecule has 1 heterocycles. The molecule has 0 spiro atoms. The zero-order chi connectivity index (χ0) is 12.5. The van der Waals surface area contributed by atoms with Crippen LogP contribution in [0, 0.1) is 11.6 Å². The van der Waals surface area contributed by atoms with Gasteiger partial charge < -0.3 is 10.4 Å². The van der Waals surface area contributed by atoms with Crippen molar-refractivity contribution in [1.29, 1.82) is 0 Å². The zero-order valence-corrected chi connectivity index (χ0v) is 8.65. The SMILES string of the molecule is O=C(O)C1(c2c(F)cccc2F)C=CC=CN1. The first-order valence-corrected chi connectivity index (χ1v) is 4.88. The molecule has 1 aliphatic rings. The minimum absolute atomic E-state index is 0.520. The monoisotopic (exact) mass is 237 g/mol. The molecule has 17 heavy (non-hydrogen) atoms. The Bertz CT molecular complexity index is 505. The summed E-state index contributed by atoms with van der Waals surface area (Å²) < 4.78 is 27.3. The third-order valence-corrected chi connectivity index (χ3v) is 2.56. The van der Waals surface area contributed by atoms with E-state index in [-0.39, 0.29) is 0 Å². The highest BCUT2D eigenvalue weighted by Gasteiger charge is 2.42. The molecule has 1 aliphatic heterocycles. The number of hydrogen-bond acceptors (Lipinski definition) is 2. The Hall–Kier alpha value is -2.17. The number of rotatable bonds is 2. The van der Waals surface area contributed by atoms with E-state index in [2.05, 4.69) is 5.32 Å². The van der Waals surface area contributed by atoms with Crippen molar-refractivity contribution in [2.24, 2.45) is 0 Å². The van der Waals surface area contributed by atoms with Gasteiger partial charge in [0.2, 0.25) is 0 Å². The number of benzene rings is 1. The van der Waals surface area contributed by atoms with Gasteiger partial charge in [0.1, 0.15) is 11.6 Å². The van der Waals surface area contributed by atoms with Gasteiger partial charge >= 0.3 is 5.97 Å². The first-order valence-electron chi connectivity index (χ1n) is 4.88. The van der Waals surface area contributed by atoms with Crippen LogP contribution in [0.3, 0.4) is 0 Å². The van der Waals surface area contributed by atoms with Gasteiger partial charge in [-0.05, 0) is 30.5 Å². The number of hydrogen-bond donors (Lipinski definition) is 2. The summed E-state index contributed by atoms with van der Waals surface area (Å²) in [6, 6.07) is 3.24. The van der Waals surface area contributed by atoms with Crippen LogP contribution in [0.2, 0.25) is 0 Å². The third kappa shape index (κ3) is 1.69. The predicted molar refractivity (Wildman–Crippen MR) is 57.1 cm³/mol. The molecule has 1 unspecified atom stereocenters. The van der Waals surface area contributed by atoms with Gasteiger partial charge in [0, 0.05) is 0 Å². The number of carboxylic acid groups (broad SMARTS) is 1. The Morgan fingerprint density at radius 2 is 1.88 bits per heavy atom. The van der Waals surface area contributed by atoms with Crippen molar-refractivity contribution < 1.29 is 18.7 Å². The lowest BCUT2D eigenvalue weighted by atomic mass is 9.87. The summed E-state index contributed by atoms with van der Waals surface area (Å²) in [5, 5.41) is 11.7. The Morgan fingerprint density at radius 1 is 1.24 bits per heavy atom. The normalized spacial score (nSPS) is 22.2. The Balaban J connectivity index is 2.66. The van der Waals surface area contributed by atoms with Gasteiger partial charge in [-0.2, -0.15) is 0 Å². The van der Waals surface area contributed by atoms with Gasteiger partial charge in [-0.15, -0.1) is 0 Å². The summed E-state index contributed by atoms with van der Waals surface area (Å²) in [6.07, 6.45) is 5.51. The first-order chi connectivity index (χ1) is 8.08. The van der Waals surface area contributed by atoms with E-state index >= 15 is 0 Å². The van der Waals surface area contributed by atoms with E-state index in [1.54, 1.807) is 6.08 Å². The van der Waals surface area contributed by atoms with E-state index in [0.29, 0.717) is 0 Å². The molecule has 5 heteroatoms. The van der Waals surface area contributed by atoms with Crippen molar-refractivity contribution in [2.75, 3.05) is 0 Å². The lowest BCUT2D eigenvalue weighted by Gasteiger charge is -2.29. The third-order valence-electron chi connectivity index (χ3n) is 2.56. The van der Waals surface area contributed by atoms with Crippen LogP contribution in [0.25, 0.3) is 0 Å². The van der Waals surface area contributed by atoms with Gasteiger partial charge in [0.15, 0.2) is 5.54 Å². The van der Waals surface area contributed by atoms with Crippen LogP contribution in [0.5, 0.6) is 0 Å². The maximum Gasteiger partial charge on any atom is 0.338 e. The quantitative estimate of drug-likeness (QED) is 0.826. The van der Waals surface area contributed by atoms with Crippen LogP contribution in [-0.2, 0) is 10.3 Å². The number of carboxylic acids is 1. The summed E-state index contributed by atoms with van der Waals surface area (Å²) in [6.45, 7) is 0. The highest BCUT2D eigenvalue weighted by Crippen LogP contribution is 2.30. The predicted octanol–water partition coefficient (Wildman–Crippen LogP) is 1.92. The first kappa shape index (κ1) is 11.3. The number of dihydropyridines is 1. The molecule has 2 N–H and O–H groups in total. The summed E-state index contributed by atoms with van der Waals surface area (Å²) in [4.78, 5) is 11.3. The minimum atomic E-state index is -1.90. The standard InChI is InChI=1S/C12H9F2NO2/c13-8-4-3-5-9(14)10(8)12(11(16)17)6-1-2-7-15-12/h1-7,15H,(H,16,17). The van der Waals surface area contributed by atoms with Crippen molar-refractivity contribution in [3.05, 3.63) is 59.8 Å². The second-order valence-electron chi connectivity index (χ2n) is 3.57. The van der Waals surface area contributed by atoms with Crippen molar-refractivity contribution in [2.45, 2.75) is 5.54 Å². The van der Waals surface area contributed by atoms with Gasteiger partial charge in [-0.25, -0.2) is 13.6 Å². The summed E-state index contributed by atoms with van der Waals surface area (Å²) in [7, 11) is 0. The van der Waals surface area contributed by atoms with Gasteiger partial charge in [-0.1, -0.05) is 12.1 Å². The minimum Gasteiger partial charge on any atom is -0.479 e. The van der Waals surface area contributed by atoms with E-state index in [9.17, 15) is 18.7 Å². The molecule has 0 aromatic heterocycles. The average molecular weight is 237 g/mol. The number of nitrogens with one attached hydrogen (secondary N) is 1. The molecule has 0 bridgehead atoms. The molecule has 0 aliphatic carbocycles. The van der Waals surface area contributed by atoms with Crippen molar-refractivity contribution in [1.82, 2.24) is 5.32 Å². The number of carbonyl (C=O) groups is 1. The molecule has 1 aromatic carbocycles. The Kier molecular flexibility index (Phi) is 2.67. The van der Waals surface area contributed by atoms with E-state index in [4.69, 9.17) is 0 Å². The van der Waals surface area contributed by atoms with Gasteiger partial charge in [-0.3, -0.25) is 0 Å². The summed E-state index contributed by atoms with van der Waals surface area (Å²) in [5.41, 5.74) is -2.42. The van der Waals surface area contributed by atoms with Crippen molar-refractivity contribution >= 4 is 5.97 Å². The van der Waals surface area contributed by atoms with Gasteiger partial charge in [0.25, 0.3) is 0 Å². The van der Waals surface area contributed by atoms with Crippen molar-refractivity contribution in [3.8, 4) is 0 Å². The highest BCUT2D eigenvalue weighted by molar-refractivity contribution is 5.84. The lowest BCUT2D eigenvalue weighted by Crippen LogP contribution is -2.47. The molecule has 1 aromatic rings. The fraction of sp³-hybridized carbons (Fsp3) is 0.0833. The van der Waals surface area contributed by atoms with E-state index in [1.807, 2.05) is 0 Å². The molecule has 1 atom stereocenters. The molecule has 2 rings (SSSR count). The molecule has 0 amide bonds. The average Bonchev–Trinajstić information content (AvgIpc) is 2.29. The summed E-state index contributed by atoms with van der Waals surface area (Å²) >= 11 is 0. The van der Waals surface area contributed by atoms with Crippen LogP contribution in [0.4, 0.5) is 8.78 Å². The number of aliphatic carboxylic acids is 1. The van der Waals surface area contributed by atoms with Crippen molar-refractivity contribution in [3.63, 3.8) is 0 Å². The second-order valence-corrected chi connectivity index (χ2v) is 3.57. The molecule has 0 saturated heterocycles. The van der Waals surface area contributed by atoms with Crippen LogP contribution in [0.1, 0.15) is 5.56 Å². The molecule has 88 valence electrons. The zero-order valence-electron chi connectivity index (χ0n) is 8.65. The molecule has 0 saturated carbocycles. The number of halogens is 2. The maximum atomic E-state index is 13.6. The largest absolute Gasteiger partial charge is 0.479 e. The molecule has 0 fully saturated rings. The van der Waals surface area contributed by atoms with E-state index in [0.717, 1.165) is 12.1 Å². The molecule has 3 nitrogen and oxygen atoms in total. The van der Waals surface area contributed by atoms with Gasteiger partial charge in [0.05, 0.1) is 5.56 Å². The Labute approximate surface area is 96.1 Å². The van der Waals surface area contributed by atoms with Crippen LogP contribution in [-0.4, -0.2) is 11.1 Å². The topological polar surface area (TPSA) is 49.3 Å². The van der Waals surface area contributed by atoms with E-state index < -0.39 is 28.7 Å². The van der Waals surface area contributed by atoms with Crippen LogP contribution < -0.4 is 5.32 Å². The maximum absolute atomic E-state index is 13.6. The Morgan fingerprint density at radius 3 is 2.35 bits per heavy atom. The smallest absolute Gasteiger partial charge is 0.338 e. The molecule has 0 radical (unpaired) electrons.